The third kappa shape index (κ3) is 8.18. The maximum Gasteiger partial charge on any atom is 0.500 e. The summed E-state index contributed by atoms with van der Waals surface area (Å²) in [5.74, 6) is 0. The van der Waals surface area contributed by atoms with Crippen LogP contribution in [0.4, 0.5) is 0 Å². The zero-order valence-electron chi connectivity index (χ0n) is 12.2. The van der Waals surface area contributed by atoms with Crippen LogP contribution in [-0.2, 0) is 13.3 Å². The molecule has 0 saturated carbocycles. The van der Waals surface area contributed by atoms with Crippen molar-refractivity contribution in [3.8, 4) is 0 Å². The number of hydrogen-bond acceptors (Lipinski definition) is 5. The molecule has 0 saturated heterocycles. The quantitative estimate of drug-likeness (QED) is 0.305. The van der Waals surface area contributed by atoms with E-state index in [2.05, 4.69) is 5.32 Å². The van der Waals surface area contributed by atoms with Gasteiger partial charge in [-0.15, -0.1) is 0 Å². The number of unbranched alkanes of at least 4 members (excludes halogenated alkanes) is 5. The van der Waals surface area contributed by atoms with E-state index in [4.69, 9.17) is 19.0 Å². The lowest BCUT2D eigenvalue weighted by atomic mass is 10.1. The fourth-order valence-electron chi connectivity index (χ4n) is 1.96. The maximum absolute atomic E-state index is 5.38. The first-order valence-corrected chi connectivity index (χ1v) is 8.74. The van der Waals surface area contributed by atoms with Crippen molar-refractivity contribution in [2.24, 2.45) is 5.73 Å². The topological polar surface area (TPSA) is 65.7 Å². The second kappa shape index (κ2) is 12.1. The van der Waals surface area contributed by atoms with Gasteiger partial charge in [-0.3, -0.25) is 0 Å². The fraction of sp³-hybridized carbons (Fsp3) is 1.00. The van der Waals surface area contributed by atoms with Crippen molar-refractivity contribution in [2.75, 3.05) is 34.5 Å². The average molecular weight is 278 g/mol. The molecule has 0 rings (SSSR count). The summed E-state index contributed by atoms with van der Waals surface area (Å²) < 4.78 is 16.1. The predicted molar refractivity (Wildman–Crippen MR) is 76.3 cm³/mol. The molecule has 0 heterocycles. The van der Waals surface area contributed by atoms with E-state index in [1.165, 1.54) is 32.1 Å². The first kappa shape index (κ1) is 18.0. The molecule has 0 unspecified atom stereocenters. The van der Waals surface area contributed by atoms with E-state index in [0.29, 0.717) is 6.67 Å². The van der Waals surface area contributed by atoms with Crippen LogP contribution in [-0.4, -0.2) is 43.3 Å². The largest absolute Gasteiger partial charge is 0.500 e. The zero-order chi connectivity index (χ0) is 13.7. The molecule has 0 atom stereocenters. The summed E-state index contributed by atoms with van der Waals surface area (Å²) in [5, 5.41) is 3.13. The van der Waals surface area contributed by atoms with Crippen molar-refractivity contribution >= 4 is 8.80 Å². The lowest BCUT2D eigenvalue weighted by molar-refractivity contribution is 0.122. The lowest BCUT2D eigenvalue weighted by Crippen LogP contribution is -2.42. The Labute approximate surface area is 113 Å². The molecule has 0 bridgehead atoms. The van der Waals surface area contributed by atoms with Crippen LogP contribution in [0.1, 0.15) is 38.5 Å². The fourth-order valence-corrected chi connectivity index (χ4v) is 3.75. The minimum atomic E-state index is -2.33. The molecular formula is C12H30N2O3Si. The Kier molecular flexibility index (Phi) is 12.1. The van der Waals surface area contributed by atoms with Gasteiger partial charge in [0, 0.05) is 34.0 Å². The van der Waals surface area contributed by atoms with E-state index in [1.807, 2.05) is 0 Å². The second-order valence-corrected chi connectivity index (χ2v) is 7.46. The standard InChI is InChI=1S/C12H30N2O3Si/c1-15-18(16-2,17-3)11-9-7-5-4-6-8-10-14-12-13/h14H,4-13H2,1-3H3. The highest BCUT2D eigenvalue weighted by molar-refractivity contribution is 6.60. The molecule has 0 aliphatic heterocycles. The minimum absolute atomic E-state index is 0.581. The minimum Gasteiger partial charge on any atom is -0.377 e. The van der Waals surface area contributed by atoms with E-state index in [-0.39, 0.29) is 0 Å². The Bertz CT molecular complexity index is 172. The summed E-state index contributed by atoms with van der Waals surface area (Å²) in [4.78, 5) is 0. The van der Waals surface area contributed by atoms with E-state index in [0.717, 1.165) is 19.0 Å². The van der Waals surface area contributed by atoms with Crippen LogP contribution >= 0.6 is 0 Å². The third-order valence-electron chi connectivity index (χ3n) is 3.16. The average Bonchev–Trinajstić information content (AvgIpc) is 2.42. The Morgan fingerprint density at radius 3 is 1.83 bits per heavy atom. The molecule has 0 amide bonds. The van der Waals surface area contributed by atoms with Gasteiger partial charge < -0.3 is 24.3 Å². The van der Waals surface area contributed by atoms with Gasteiger partial charge >= 0.3 is 8.80 Å². The van der Waals surface area contributed by atoms with Crippen molar-refractivity contribution in [1.29, 1.82) is 0 Å². The predicted octanol–water partition coefficient (Wildman–Crippen LogP) is 1.71. The molecule has 110 valence electrons. The van der Waals surface area contributed by atoms with Crippen molar-refractivity contribution in [3.05, 3.63) is 0 Å². The first-order chi connectivity index (χ1) is 8.74. The first-order valence-electron chi connectivity index (χ1n) is 6.81. The Hall–Kier alpha value is 0.0169. The van der Waals surface area contributed by atoms with Crippen LogP contribution in [0.25, 0.3) is 0 Å². The molecule has 6 heteroatoms. The van der Waals surface area contributed by atoms with Crippen LogP contribution in [0.5, 0.6) is 0 Å². The molecule has 0 aromatic heterocycles. The highest BCUT2D eigenvalue weighted by Crippen LogP contribution is 2.18. The van der Waals surface area contributed by atoms with E-state index in [1.54, 1.807) is 21.3 Å². The van der Waals surface area contributed by atoms with Crippen LogP contribution < -0.4 is 11.1 Å². The summed E-state index contributed by atoms with van der Waals surface area (Å²) in [5.41, 5.74) is 5.35. The number of nitrogens with one attached hydrogen (secondary N) is 1. The molecule has 0 fully saturated rings. The number of nitrogens with two attached hydrogens (primary N) is 1. The van der Waals surface area contributed by atoms with Gasteiger partial charge in [-0.05, 0) is 19.4 Å². The molecule has 0 aromatic carbocycles. The van der Waals surface area contributed by atoms with Crippen LogP contribution in [0, 0.1) is 0 Å². The van der Waals surface area contributed by atoms with Crippen molar-refractivity contribution < 1.29 is 13.3 Å². The summed E-state index contributed by atoms with van der Waals surface area (Å²) in [6.07, 6.45) is 7.37. The molecule has 18 heavy (non-hydrogen) atoms. The van der Waals surface area contributed by atoms with E-state index < -0.39 is 8.80 Å². The van der Waals surface area contributed by atoms with Gasteiger partial charge in [-0.25, -0.2) is 0 Å². The molecule has 0 aliphatic rings. The summed E-state index contributed by atoms with van der Waals surface area (Å²) in [6, 6.07) is 0.908. The van der Waals surface area contributed by atoms with Crippen LogP contribution in [0.2, 0.25) is 6.04 Å². The lowest BCUT2D eigenvalue weighted by Gasteiger charge is -2.24. The van der Waals surface area contributed by atoms with Crippen LogP contribution in [0.15, 0.2) is 0 Å². The Morgan fingerprint density at radius 2 is 1.33 bits per heavy atom. The van der Waals surface area contributed by atoms with E-state index in [9.17, 15) is 0 Å². The SMILES string of the molecule is CO[Si](CCCCCCCCNCN)(OC)OC. The molecule has 0 aliphatic carbocycles. The number of rotatable bonds is 13. The van der Waals surface area contributed by atoms with Crippen molar-refractivity contribution in [3.63, 3.8) is 0 Å². The van der Waals surface area contributed by atoms with Gasteiger partial charge in [0.2, 0.25) is 0 Å². The van der Waals surface area contributed by atoms with E-state index >= 15 is 0 Å². The molecule has 3 N–H and O–H groups in total. The van der Waals surface area contributed by atoms with Gasteiger partial charge in [0.15, 0.2) is 0 Å². The molecule has 0 radical (unpaired) electrons. The summed E-state index contributed by atoms with van der Waals surface area (Å²) >= 11 is 0. The highest BCUT2D eigenvalue weighted by Gasteiger charge is 2.36. The maximum atomic E-state index is 5.38. The molecule has 0 spiro atoms. The second-order valence-electron chi connectivity index (χ2n) is 4.37. The smallest absolute Gasteiger partial charge is 0.377 e. The van der Waals surface area contributed by atoms with Gasteiger partial charge in [-0.2, -0.15) is 0 Å². The molecule has 5 nitrogen and oxygen atoms in total. The van der Waals surface area contributed by atoms with Gasteiger partial charge in [0.1, 0.15) is 0 Å². The van der Waals surface area contributed by atoms with Gasteiger partial charge in [0.25, 0.3) is 0 Å². The monoisotopic (exact) mass is 278 g/mol. The van der Waals surface area contributed by atoms with Gasteiger partial charge in [-0.1, -0.05) is 25.7 Å². The highest BCUT2D eigenvalue weighted by atomic mass is 28.4. The summed E-state index contributed by atoms with van der Waals surface area (Å²) in [7, 11) is 2.68. The Morgan fingerprint density at radius 1 is 0.833 bits per heavy atom. The zero-order valence-corrected chi connectivity index (χ0v) is 13.2. The normalized spacial score (nSPS) is 12.0. The summed E-state index contributed by atoms with van der Waals surface area (Å²) in [6.45, 7) is 1.61. The van der Waals surface area contributed by atoms with Crippen LogP contribution in [0.3, 0.4) is 0 Å². The third-order valence-corrected chi connectivity index (χ3v) is 6.00. The molecule has 0 aromatic rings. The van der Waals surface area contributed by atoms with Gasteiger partial charge in [0.05, 0.1) is 0 Å². The molecular weight excluding hydrogens is 248 g/mol. The number of hydrogen-bond donors (Lipinski definition) is 2. The Balaban J connectivity index is 3.38. The van der Waals surface area contributed by atoms with Crippen molar-refractivity contribution in [2.45, 2.75) is 44.6 Å². The van der Waals surface area contributed by atoms with Crippen molar-refractivity contribution in [1.82, 2.24) is 5.32 Å².